The third kappa shape index (κ3) is 3.51. The molecule has 0 aliphatic carbocycles. The van der Waals surface area contributed by atoms with Crippen LogP contribution in [0.1, 0.15) is 42.1 Å². The molecular formula is C16H25N3O. The molecule has 1 atom stereocenters. The number of likely N-dealkylation sites (N-methyl/N-ethyl adjacent to an activating group) is 1. The number of benzene rings is 1. The number of rotatable bonds is 5. The molecule has 1 fully saturated rings. The summed E-state index contributed by atoms with van der Waals surface area (Å²) in [5, 5.41) is 3.56. The molecule has 0 saturated carbocycles. The molecule has 1 aliphatic heterocycles. The van der Waals surface area contributed by atoms with Gasteiger partial charge in [0, 0.05) is 24.8 Å². The van der Waals surface area contributed by atoms with Crippen LogP contribution in [-0.2, 0) is 0 Å². The van der Waals surface area contributed by atoms with Crippen LogP contribution in [0.4, 0.5) is 5.69 Å². The van der Waals surface area contributed by atoms with Gasteiger partial charge in [0.05, 0.1) is 5.56 Å². The Balaban J connectivity index is 2.21. The van der Waals surface area contributed by atoms with E-state index in [0.29, 0.717) is 11.6 Å². The standard InChI is InChI=1S/C16H25N3O/c1-3-19(11-13-6-4-5-9-18-13)15-10-12(2)7-8-14(15)16(17)20/h7-8,10,13,18H,3-6,9,11H2,1-2H3,(H2,17,20). The summed E-state index contributed by atoms with van der Waals surface area (Å²) in [7, 11) is 0. The van der Waals surface area contributed by atoms with E-state index in [1.54, 1.807) is 0 Å². The van der Waals surface area contributed by atoms with Crippen LogP contribution < -0.4 is 16.0 Å². The van der Waals surface area contributed by atoms with Gasteiger partial charge in [-0.3, -0.25) is 4.79 Å². The summed E-state index contributed by atoms with van der Waals surface area (Å²) in [4.78, 5) is 13.9. The third-order valence-electron chi connectivity index (χ3n) is 3.99. The maximum absolute atomic E-state index is 11.6. The van der Waals surface area contributed by atoms with Crippen molar-refractivity contribution in [1.82, 2.24) is 5.32 Å². The average Bonchev–Trinajstić information content (AvgIpc) is 2.45. The zero-order valence-electron chi connectivity index (χ0n) is 12.5. The Bertz CT molecular complexity index is 467. The fourth-order valence-corrected chi connectivity index (χ4v) is 2.86. The first-order chi connectivity index (χ1) is 9.61. The number of anilines is 1. The molecule has 1 unspecified atom stereocenters. The second kappa shape index (κ2) is 6.75. The highest BCUT2D eigenvalue weighted by molar-refractivity contribution is 5.98. The minimum atomic E-state index is -0.352. The second-order valence-electron chi connectivity index (χ2n) is 5.57. The van der Waals surface area contributed by atoms with Gasteiger partial charge in [-0.25, -0.2) is 0 Å². The molecule has 1 aliphatic rings. The number of hydrogen-bond donors (Lipinski definition) is 2. The van der Waals surface area contributed by atoms with E-state index < -0.39 is 0 Å². The van der Waals surface area contributed by atoms with Crippen molar-refractivity contribution in [3.8, 4) is 0 Å². The van der Waals surface area contributed by atoms with E-state index in [4.69, 9.17) is 5.73 Å². The van der Waals surface area contributed by atoms with Gasteiger partial charge in [-0.05, 0) is 50.9 Å². The molecule has 4 heteroatoms. The molecule has 2 rings (SSSR count). The van der Waals surface area contributed by atoms with Crippen molar-refractivity contribution in [2.24, 2.45) is 5.73 Å². The fourth-order valence-electron chi connectivity index (χ4n) is 2.86. The Labute approximate surface area is 121 Å². The number of amides is 1. The molecule has 1 amide bonds. The van der Waals surface area contributed by atoms with Gasteiger partial charge >= 0.3 is 0 Å². The van der Waals surface area contributed by atoms with Crippen LogP contribution in [-0.4, -0.2) is 31.6 Å². The number of nitrogens with two attached hydrogens (primary N) is 1. The molecule has 20 heavy (non-hydrogen) atoms. The summed E-state index contributed by atoms with van der Waals surface area (Å²) < 4.78 is 0. The van der Waals surface area contributed by atoms with Gasteiger partial charge < -0.3 is 16.0 Å². The van der Waals surface area contributed by atoms with Gasteiger partial charge in [0.2, 0.25) is 0 Å². The van der Waals surface area contributed by atoms with Crippen LogP contribution in [0.25, 0.3) is 0 Å². The Hall–Kier alpha value is -1.55. The van der Waals surface area contributed by atoms with Crippen LogP contribution in [0.5, 0.6) is 0 Å². The number of hydrogen-bond acceptors (Lipinski definition) is 3. The Morgan fingerprint density at radius 3 is 2.85 bits per heavy atom. The molecule has 0 spiro atoms. The number of aryl methyl sites for hydroxylation is 1. The predicted molar refractivity (Wildman–Crippen MR) is 83.2 cm³/mol. The molecule has 110 valence electrons. The molecule has 4 nitrogen and oxygen atoms in total. The lowest BCUT2D eigenvalue weighted by Gasteiger charge is -2.32. The topological polar surface area (TPSA) is 58.4 Å². The van der Waals surface area contributed by atoms with Gasteiger partial charge in [-0.2, -0.15) is 0 Å². The number of primary amides is 1. The van der Waals surface area contributed by atoms with Gasteiger partial charge in [-0.1, -0.05) is 12.5 Å². The van der Waals surface area contributed by atoms with Crippen molar-refractivity contribution in [3.63, 3.8) is 0 Å². The van der Waals surface area contributed by atoms with Crippen molar-refractivity contribution in [3.05, 3.63) is 29.3 Å². The quantitative estimate of drug-likeness (QED) is 0.865. The molecule has 0 aromatic heterocycles. The summed E-state index contributed by atoms with van der Waals surface area (Å²) >= 11 is 0. The van der Waals surface area contributed by atoms with Crippen LogP contribution >= 0.6 is 0 Å². The van der Waals surface area contributed by atoms with Crippen molar-refractivity contribution in [2.45, 2.75) is 39.2 Å². The molecule has 3 N–H and O–H groups in total. The number of nitrogens with one attached hydrogen (secondary N) is 1. The second-order valence-corrected chi connectivity index (χ2v) is 5.57. The van der Waals surface area contributed by atoms with E-state index in [-0.39, 0.29) is 5.91 Å². The van der Waals surface area contributed by atoms with Crippen LogP contribution in [0.2, 0.25) is 0 Å². The highest BCUT2D eigenvalue weighted by Crippen LogP contribution is 2.23. The number of carbonyl (C=O) groups excluding carboxylic acids is 1. The first-order valence-electron chi connectivity index (χ1n) is 7.50. The summed E-state index contributed by atoms with van der Waals surface area (Å²) in [5.41, 5.74) is 8.25. The average molecular weight is 275 g/mol. The van der Waals surface area contributed by atoms with Crippen molar-refractivity contribution < 1.29 is 4.79 Å². The van der Waals surface area contributed by atoms with Crippen LogP contribution in [0.15, 0.2) is 18.2 Å². The fraction of sp³-hybridized carbons (Fsp3) is 0.562. The highest BCUT2D eigenvalue weighted by Gasteiger charge is 2.19. The van der Waals surface area contributed by atoms with E-state index in [0.717, 1.165) is 30.9 Å². The zero-order valence-corrected chi connectivity index (χ0v) is 12.5. The lowest BCUT2D eigenvalue weighted by Crippen LogP contribution is -2.44. The summed E-state index contributed by atoms with van der Waals surface area (Å²) in [5.74, 6) is -0.352. The molecule has 1 heterocycles. The zero-order chi connectivity index (χ0) is 14.5. The lowest BCUT2D eigenvalue weighted by molar-refractivity contribution is 0.100. The molecule has 0 radical (unpaired) electrons. The third-order valence-corrected chi connectivity index (χ3v) is 3.99. The highest BCUT2D eigenvalue weighted by atomic mass is 16.1. The van der Waals surface area contributed by atoms with Crippen LogP contribution in [0, 0.1) is 6.92 Å². The molecule has 1 aromatic rings. The summed E-state index contributed by atoms with van der Waals surface area (Å²) in [6, 6.07) is 6.34. The van der Waals surface area contributed by atoms with Crippen molar-refractivity contribution >= 4 is 11.6 Å². The summed E-state index contributed by atoms with van der Waals surface area (Å²) in [6.45, 7) is 7.07. The lowest BCUT2D eigenvalue weighted by atomic mass is 10.0. The van der Waals surface area contributed by atoms with Gasteiger partial charge in [0.15, 0.2) is 0 Å². The number of nitrogens with zero attached hydrogens (tertiary/aromatic N) is 1. The first kappa shape index (κ1) is 14.9. The molecule has 1 saturated heterocycles. The number of piperidine rings is 1. The van der Waals surface area contributed by atoms with E-state index in [2.05, 4.69) is 23.2 Å². The Morgan fingerprint density at radius 2 is 2.25 bits per heavy atom. The minimum absolute atomic E-state index is 0.352. The van der Waals surface area contributed by atoms with E-state index >= 15 is 0 Å². The van der Waals surface area contributed by atoms with E-state index in [1.807, 2.05) is 19.1 Å². The first-order valence-corrected chi connectivity index (χ1v) is 7.50. The Kier molecular flexibility index (Phi) is 5.01. The summed E-state index contributed by atoms with van der Waals surface area (Å²) in [6.07, 6.45) is 3.75. The SMILES string of the molecule is CCN(CC1CCCCN1)c1cc(C)ccc1C(N)=O. The molecular weight excluding hydrogens is 250 g/mol. The van der Waals surface area contributed by atoms with Crippen molar-refractivity contribution in [1.29, 1.82) is 0 Å². The van der Waals surface area contributed by atoms with Crippen LogP contribution in [0.3, 0.4) is 0 Å². The van der Waals surface area contributed by atoms with Gasteiger partial charge in [-0.15, -0.1) is 0 Å². The number of carbonyl (C=O) groups is 1. The normalized spacial score (nSPS) is 18.8. The van der Waals surface area contributed by atoms with E-state index in [1.165, 1.54) is 19.3 Å². The largest absolute Gasteiger partial charge is 0.370 e. The van der Waals surface area contributed by atoms with Gasteiger partial charge in [0.1, 0.15) is 0 Å². The monoisotopic (exact) mass is 275 g/mol. The minimum Gasteiger partial charge on any atom is -0.370 e. The predicted octanol–water partition coefficient (Wildman–Crippen LogP) is 2.06. The smallest absolute Gasteiger partial charge is 0.250 e. The maximum atomic E-state index is 11.6. The van der Waals surface area contributed by atoms with Crippen molar-refractivity contribution in [2.75, 3.05) is 24.5 Å². The Morgan fingerprint density at radius 1 is 1.45 bits per heavy atom. The van der Waals surface area contributed by atoms with Gasteiger partial charge in [0.25, 0.3) is 5.91 Å². The molecule has 0 bridgehead atoms. The van der Waals surface area contributed by atoms with E-state index in [9.17, 15) is 4.79 Å². The molecule has 1 aromatic carbocycles. The maximum Gasteiger partial charge on any atom is 0.250 e.